The molecule has 106 valence electrons. The van der Waals surface area contributed by atoms with Crippen molar-refractivity contribution in [1.82, 2.24) is 4.98 Å². The molecular formula is C12H19N3O4. The second kappa shape index (κ2) is 8.25. The van der Waals surface area contributed by atoms with Crippen molar-refractivity contribution in [2.24, 2.45) is 0 Å². The highest BCUT2D eigenvalue weighted by Crippen LogP contribution is 2.21. The highest BCUT2D eigenvalue weighted by atomic mass is 16.6. The number of nitro groups is 1. The van der Waals surface area contributed by atoms with Crippen LogP contribution in [-0.4, -0.2) is 36.3 Å². The molecule has 1 aromatic rings. The molecule has 0 aliphatic heterocycles. The summed E-state index contributed by atoms with van der Waals surface area (Å²) in [4.78, 5) is 14.5. The van der Waals surface area contributed by atoms with E-state index >= 15 is 0 Å². The zero-order valence-electron chi connectivity index (χ0n) is 11.2. The molecule has 0 spiro atoms. The van der Waals surface area contributed by atoms with Crippen molar-refractivity contribution in [2.75, 3.05) is 31.7 Å². The van der Waals surface area contributed by atoms with Gasteiger partial charge in [-0.05, 0) is 13.3 Å². The summed E-state index contributed by atoms with van der Waals surface area (Å²) in [5.74, 6) is 0.659. The first-order valence-electron chi connectivity index (χ1n) is 6.28. The van der Waals surface area contributed by atoms with Crippen molar-refractivity contribution in [1.29, 1.82) is 0 Å². The van der Waals surface area contributed by atoms with E-state index in [1.807, 2.05) is 13.8 Å². The first-order valence-corrected chi connectivity index (χ1v) is 6.28. The number of anilines is 1. The van der Waals surface area contributed by atoms with Crippen LogP contribution in [0.4, 0.5) is 11.5 Å². The van der Waals surface area contributed by atoms with Crippen LogP contribution in [-0.2, 0) is 4.74 Å². The Hall–Kier alpha value is -1.89. The van der Waals surface area contributed by atoms with E-state index in [9.17, 15) is 10.1 Å². The standard InChI is InChI=1S/C12H19N3O4/c1-3-5-18-6-7-19-12-9-10(15(16)17)8-11(14-12)13-4-2/h8-9H,3-7H2,1-2H3,(H,13,14). The van der Waals surface area contributed by atoms with E-state index in [0.717, 1.165) is 6.42 Å². The van der Waals surface area contributed by atoms with Gasteiger partial charge in [0.2, 0.25) is 5.88 Å². The predicted molar refractivity (Wildman–Crippen MR) is 71.7 cm³/mol. The van der Waals surface area contributed by atoms with E-state index in [-0.39, 0.29) is 11.6 Å². The molecule has 0 saturated heterocycles. The van der Waals surface area contributed by atoms with Crippen molar-refractivity contribution >= 4 is 11.5 Å². The molecule has 0 saturated carbocycles. The molecule has 7 nitrogen and oxygen atoms in total. The number of rotatable bonds is 9. The van der Waals surface area contributed by atoms with E-state index in [0.29, 0.717) is 32.2 Å². The van der Waals surface area contributed by atoms with Crippen LogP contribution in [0.3, 0.4) is 0 Å². The zero-order chi connectivity index (χ0) is 14.1. The topological polar surface area (TPSA) is 86.5 Å². The maximum absolute atomic E-state index is 10.8. The minimum absolute atomic E-state index is 0.0459. The van der Waals surface area contributed by atoms with Crippen LogP contribution >= 0.6 is 0 Å². The van der Waals surface area contributed by atoms with Gasteiger partial charge in [0.05, 0.1) is 23.7 Å². The summed E-state index contributed by atoms with van der Waals surface area (Å²) in [6.45, 7) is 5.97. The minimum atomic E-state index is -0.469. The second-order valence-corrected chi connectivity index (χ2v) is 3.80. The lowest BCUT2D eigenvalue weighted by Gasteiger charge is -2.08. The monoisotopic (exact) mass is 269 g/mol. The van der Waals surface area contributed by atoms with Gasteiger partial charge < -0.3 is 14.8 Å². The molecule has 0 aliphatic carbocycles. The quantitative estimate of drug-likeness (QED) is 0.420. The summed E-state index contributed by atoms with van der Waals surface area (Å²) in [5.41, 5.74) is -0.0459. The summed E-state index contributed by atoms with van der Waals surface area (Å²) >= 11 is 0. The van der Waals surface area contributed by atoms with Crippen LogP contribution in [0.25, 0.3) is 0 Å². The number of aromatic nitrogens is 1. The van der Waals surface area contributed by atoms with Gasteiger partial charge in [-0.2, -0.15) is 4.98 Å². The Morgan fingerprint density at radius 2 is 2.11 bits per heavy atom. The fraction of sp³-hybridized carbons (Fsp3) is 0.583. The van der Waals surface area contributed by atoms with Crippen molar-refractivity contribution < 1.29 is 14.4 Å². The molecular weight excluding hydrogens is 250 g/mol. The molecule has 1 heterocycles. The molecule has 0 aromatic carbocycles. The Labute approximate surface area is 112 Å². The fourth-order valence-corrected chi connectivity index (χ4v) is 1.39. The Kier molecular flexibility index (Phi) is 6.59. The van der Waals surface area contributed by atoms with E-state index in [2.05, 4.69) is 10.3 Å². The number of hydrogen-bond donors (Lipinski definition) is 1. The maximum atomic E-state index is 10.8. The number of nitrogens with zero attached hydrogens (tertiary/aromatic N) is 2. The normalized spacial score (nSPS) is 10.2. The molecule has 0 radical (unpaired) electrons. The third-order valence-electron chi connectivity index (χ3n) is 2.18. The van der Waals surface area contributed by atoms with Gasteiger partial charge in [0.15, 0.2) is 0 Å². The van der Waals surface area contributed by atoms with Gasteiger partial charge in [-0.3, -0.25) is 10.1 Å². The van der Waals surface area contributed by atoms with E-state index in [4.69, 9.17) is 9.47 Å². The third-order valence-corrected chi connectivity index (χ3v) is 2.18. The van der Waals surface area contributed by atoms with Crippen LogP contribution in [0.1, 0.15) is 20.3 Å². The third kappa shape index (κ3) is 5.52. The summed E-state index contributed by atoms with van der Waals surface area (Å²) in [6.07, 6.45) is 0.944. The number of pyridine rings is 1. The minimum Gasteiger partial charge on any atom is -0.475 e. The van der Waals surface area contributed by atoms with Gasteiger partial charge in [0.1, 0.15) is 12.4 Å². The predicted octanol–water partition coefficient (Wildman–Crippen LogP) is 2.23. The Morgan fingerprint density at radius 1 is 1.32 bits per heavy atom. The van der Waals surface area contributed by atoms with Gasteiger partial charge in [-0.25, -0.2) is 0 Å². The first-order chi connectivity index (χ1) is 9.17. The molecule has 0 fully saturated rings. The van der Waals surface area contributed by atoms with Gasteiger partial charge in [-0.1, -0.05) is 6.92 Å². The molecule has 1 aromatic heterocycles. The number of ether oxygens (including phenoxy) is 2. The highest BCUT2D eigenvalue weighted by molar-refractivity contribution is 5.48. The van der Waals surface area contributed by atoms with Crippen molar-refractivity contribution in [3.8, 4) is 5.88 Å². The summed E-state index contributed by atoms with van der Waals surface area (Å²) < 4.78 is 10.6. The summed E-state index contributed by atoms with van der Waals surface area (Å²) in [6, 6.07) is 2.69. The van der Waals surface area contributed by atoms with Crippen molar-refractivity contribution in [3.63, 3.8) is 0 Å². The van der Waals surface area contributed by atoms with Gasteiger partial charge in [-0.15, -0.1) is 0 Å². The lowest BCUT2D eigenvalue weighted by Crippen LogP contribution is -2.09. The Morgan fingerprint density at radius 3 is 2.74 bits per heavy atom. The van der Waals surface area contributed by atoms with Gasteiger partial charge in [0.25, 0.3) is 5.69 Å². The van der Waals surface area contributed by atoms with Crippen LogP contribution in [0.5, 0.6) is 5.88 Å². The molecule has 1 rings (SSSR count). The van der Waals surface area contributed by atoms with Gasteiger partial charge >= 0.3 is 0 Å². The summed E-state index contributed by atoms with van der Waals surface area (Å²) in [5, 5.41) is 13.7. The zero-order valence-corrected chi connectivity index (χ0v) is 11.2. The van der Waals surface area contributed by atoms with Crippen molar-refractivity contribution in [2.45, 2.75) is 20.3 Å². The fourth-order valence-electron chi connectivity index (χ4n) is 1.39. The molecule has 19 heavy (non-hydrogen) atoms. The number of nitrogens with one attached hydrogen (secondary N) is 1. The number of hydrogen-bond acceptors (Lipinski definition) is 6. The molecule has 1 N–H and O–H groups in total. The van der Waals surface area contributed by atoms with Crippen molar-refractivity contribution in [3.05, 3.63) is 22.2 Å². The van der Waals surface area contributed by atoms with Crippen LogP contribution < -0.4 is 10.1 Å². The maximum Gasteiger partial charge on any atom is 0.278 e. The highest BCUT2D eigenvalue weighted by Gasteiger charge is 2.11. The smallest absolute Gasteiger partial charge is 0.278 e. The SMILES string of the molecule is CCCOCCOc1cc([N+](=O)[O-])cc(NCC)n1. The van der Waals surface area contributed by atoms with Crippen LogP contribution in [0.2, 0.25) is 0 Å². The molecule has 0 bridgehead atoms. The van der Waals surface area contributed by atoms with Crippen LogP contribution in [0.15, 0.2) is 12.1 Å². The molecule has 0 unspecified atom stereocenters. The largest absolute Gasteiger partial charge is 0.475 e. The molecule has 7 heteroatoms. The van der Waals surface area contributed by atoms with E-state index < -0.39 is 4.92 Å². The molecule has 0 atom stereocenters. The summed E-state index contributed by atoms with van der Waals surface area (Å²) in [7, 11) is 0. The lowest BCUT2D eigenvalue weighted by atomic mass is 10.4. The van der Waals surface area contributed by atoms with E-state index in [1.54, 1.807) is 0 Å². The lowest BCUT2D eigenvalue weighted by molar-refractivity contribution is -0.384. The first kappa shape index (κ1) is 15.2. The average Bonchev–Trinajstić information content (AvgIpc) is 2.38. The van der Waals surface area contributed by atoms with Crippen LogP contribution in [0, 0.1) is 10.1 Å². The Balaban J connectivity index is 2.62. The average molecular weight is 269 g/mol. The molecule has 0 aliphatic rings. The van der Waals surface area contributed by atoms with Gasteiger partial charge in [0, 0.05) is 13.2 Å². The van der Waals surface area contributed by atoms with E-state index in [1.165, 1.54) is 12.1 Å². The second-order valence-electron chi connectivity index (χ2n) is 3.80. The molecule has 0 amide bonds. The Bertz CT molecular complexity index is 412.